The summed E-state index contributed by atoms with van der Waals surface area (Å²) in [5.41, 5.74) is 8.76. The zero-order valence-electron chi connectivity index (χ0n) is 28.8. The number of fused-ring (bicyclic) bond motifs is 8. The quantitative estimate of drug-likeness (QED) is 0.167. The van der Waals surface area contributed by atoms with Crippen LogP contribution in [0.25, 0.3) is 110 Å². The largest absolute Gasteiger partial charge is 0.456 e. The molecule has 6 heteroatoms. The van der Waals surface area contributed by atoms with Gasteiger partial charge in [-0.2, -0.15) is 0 Å². The summed E-state index contributed by atoms with van der Waals surface area (Å²) in [7, 11) is 0. The SMILES string of the molecule is c1ccc(-c2ccc(-c3nc(-c4ccc5ccc6ccc7nc(-c8ccccc8)sc7c6c5c4)nc(-c4cccc5oc6ccccc6c45)n3)cc2)cc1. The van der Waals surface area contributed by atoms with Gasteiger partial charge in [0, 0.05) is 38.4 Å². The van der Waals surface area contributed by atoms with Crippen molar-refractivity contribution in [2.75, 3.05) is 0 Å². The molecule has 0 spiro atoms. The number of furan rings is 1. The van der Waals surface area contributed by atoms with Crippen molar-refractivity contribution in [3.8, 4) is 55.9 Å². The smallest absolute Gasteiger partial charge is 0.164 e. The van der Waals surface area contributed by atoms with Crippen LogP contribution in [0.15, 0.2) is 174 Å². The number of para-hydroxylation sites is 1. The number of nitrogens with zero attached hydrogens (tertiary/aromatic N) is 4. The molecule has 11 aromatic rings. The van der Waals surface area contributed by atoms with Crippen LogP contribution in [0.4, 0.5) is 0 Å². The van der Waals surface area contributed by atoms with Gasteiger partial charge in [0.15, 0.2) is 17.5 Å². The molecule has 3 aromatic heterocycles. The Morgan fingerprint density at radius 2 is 1.00 bits per heavy atom. The van der Waals surface area contributed by atoms with Crippen LogP contribution in [0.5, 0.6) is 0 Å². The molecule has 0 unspecified atom stereocenters. The van der Waals surface area contributed by atoms with E-state index in [1.54, 1.807) is 11.3 Å². The monoisotopic (exact) mass is 708 g/mol. The summed E-state index contributed by atoms with van der Waals surface area (Å²) >= 11 is 1.74. The molecule has 8 aromatic carbocycles. The molecule has 5 nitrogen and oxygen atoms in total. The molecule has 0 saturated heterocycles. The van der Waals surface area contributed by atoms with Gasteiger partial charge in [0.2, 0.25) is 0 Å². The van der Waals surface area contributed by atoms with Crippen molar-refractivity contribution in [1.82, 2.24) is 19.9 Å². The maximum Gasteiger partial charge on any atom is 0.164 e. The Kier molecular flexibility index (Phi) is 6.97. The van der Waals surface area contributed by atoms with Gasteiger partial charge in [-0.3, -0.25) is 0 Å². The average molecular weight is 709 g/mol. The lowest BCUT2D eigenvalue weighted by molar-refractivity contribution is 0.669. The van der Waals surface area contributed by atoms with Gasteiger partial charge in [0.1, 0.15) is 16.2 Å². The molecule has 0 fully saturated rings. The first-order valence-corrected chi connectivity index (χ1v) is 18.7. The van der Waals surface area contributed by atoms with Gasteiger partial charge in [-0.25, -0.2) is 19.9 Å². The Morgan fingerprint density at radius 3 is 1.83 bits per heavy atom. The number of hydrogen-bond acceptors (Lipinski definition) is 6. The third-order valence-corrected chi connectivity index (χ3v) is 11.3. The minimum absolute atomic E-state index is 0.592. The van der Waals surface area contributed by atoms with E-state index >= 15 is 0 Å². The molecule has 0 aliphatic rings. The Balaban J connectivity index is 1.13. The van der Waals surface area contributed by atoms with Gasteiger partial charge in [0.05, 0.1) is 10.2 Å². The van der Waals surface area contributed by atoms with Gasteiger partial charge >= 0.3 is 0 Å². The third kappa shape index (κ3) is 5.07. The number of hydrogen-bond donors (Lipinski definition) is 0. The van der Waals surface area contributed by atoms with Crippen molar-refractivity contribution in [2.45, 2.75) is 0 Å². The summed E-state index contributed by atoms with van der Waals surface area (Å²) in [4.78, 5) is 20.6. The second-order valence-electron chi connectivity index (χ2n) is 13.4. The molecule has 0 N–H and O–H groups in total. The molecule has 0 amide bonds. The van der Waals surface area contributed by atoms with Crippen molar-refractivity contribution in [3.05, 3.63) is 170 Å². The van der Waals surface area contributed by atoms with E-state index in [-0.39, 0.29) is 0 Å². The zero-order valence-corrected chi connectivity index (χ0v) is 29.6. The first-order valence-electron chi connectivity index (χ1n) is 17.9. The van der Waals surface area contributed by atoms with Crippen molar-refractivity contribution in [3.63, 3.8) is 0 Å². The number of benzene rings is 8. The highest BCUT2D eigenvalue weighted by Gasteiger charge is 2.19. The van der Waals surface area contributed by atoms with Crippen LogP contribution in [0.1, 0.15) is 0 Å². The predicted octanol–water partition coefficient (Wildman–Crippen LogP) is 13.0. The highest BCUT2D eigenvalue weighted by molar-refractivity contribution is 7.22. The lowest BCUT2D eigenvalue weighted by Crippen LogP contribution is -2.00. The molecule has 11 rings (SSSR count). The Morgan fingerprint density at radius 1 is 0.389 bits per heavy atom. The van der Waals surface area contributed by atoms with Crippen LogP contribution in [0, 0.1) is 0 Å². The van der Waals surface area contributed by atoms with E-state index in [4.69, 9.17) is 24.4 Å². The third-order valence-electron chi connectivity index (χ3n) is 10.2. The van der Waals surface area contributed by atoms with E-state index in [1.165, 1.54) is 15.5 Å². The minimum atomic E-state index is 0.592. The van der Waals surface area contributed by atoms with Crippen LogP contribution in [-0.2, 0) is 0 Å². The van der Waals surface area contributed by atoms with Crippen LogP contribution in [0.2, 0.25) is 0 Å². The molecule has 0 aliphatic carbocycles. The molecule has 0 aliphatic heterocycles. The normalized spacial score (nSPS) is 11.7. The van der Waals surface area contributed by atoms with Crippen LogP contribution in [0.3, 0.4) is 0 Å². The van der Waals surface area contributed by atoms with E-state index in [0.29, 0.717) is 17.5 Å². The number of thiazole rings is 1. The molecule has 0 radical (unpaired) electrons. The maximum atomic E-state index is 6.28. The summed E-state index contributed by atoms with van der Waals surface area (Å²) in [6, 6.07) is 58.7. The van der Waals surface area contributed by atoms with E-state index < -0.39 is 0 Å². The van der Waals surface area contributed by atoms with E-state index in [9.17, 15) is 0 Å². The zero-order chi connectivity index (χ0) is 35.6. The van der Waals surface area contributed by atoms with Crippen molar-refractivity contribution in [2.24, 2.45) is 0 Å². The molecule has 0 saturated carbocycles. The first kappa shape index (κ1) is 30.6. The van der Waals surface area contributed by atoms with Crippen molar-refractivity contribution < 1.29 is 4.42 Å². The standard InChI is InChI=1S/C48H28N4OS/c1-3-10-29(11-4-1)30-18-23-33(24-19-30)45-50-46(52-47(51-45)37-15-9-17-41-43(37)36-14-7-8-16-40(36)53-41)35-25-21-31-20-22-32-26-27-39-44(42(32)38(31)28-35)54-48(49-39)34-12-5-2-6-13-34/h1-28H. The molecular weight excluding hydrogens is 681 g/mol. The predicted molar refractivity (Wildman–Crippen MR) is 222 cm³/mol. The van der Waals surface area contributed by atoms with Gasteiger partial charge < -0.3 is 4.42 Å². The summed E-state index contributed by atoms with van der Waals surface area (Å²) in [6.45, 7) is 0. The highest BCUT2D eigenvalue weighted by Crippen LogP contribution is 2.40. The van der Waals surface area contributed by atoms with Crippen LogP contribution < -0.4 is 0 Å². The fourth-order valence-electron chi connectivity index (χ4n) is 7.52. The van der Waals surface area contributed by atoms with E-state index in [1.807, 2.05) is 42.5 Å². The van der Waals surface area contributed by atoms with E-state index in [2.05, 4.69) is 127 Å². The molecule has 0 atom stereocenters. The maximum absolute atomic E-state index is 6.28. The molecule has 252 valence electrons. The lowest BCUT2D eigenvalue weighted by Gasteiger charge is -2.11. The Bertz CT molecular complexity index is 3210. The van der Waals surface area contributed by atoms with Gasteiger partial charge in [0.25, 0.3) is 0 Å². The van der Waals surface area contributed by atoms with E-state index in [0.717, 1.165) is 76.6 Å². The number of aromatic nitrogens is 4. The average Bonchev–Trinajstić information content (AvgIpc) is 3.86. The second kappa shape index (κ2) is 12.3. The topological polar surface area (TPSA) is 64.7 Å². The first-order chi connectivity index (χ1) is 26.7. The van der Waals surface area contributed by atoms with Crippen LogP contribution >= 0.6 is 11.3 Å². The Labute approximate surface area is 313 Å². The fourth-order valence-corrected chi connectivity index (χ4v) is 8.66. The lowest BCUT2D eigenvalue weighted by atomic mass is 9.99. The molecule has 0 bridgehead atoms. The van der Waals surface area contributed by atoms with Gasteiger partial charge in [-0.15, -0.1) is 11.3 Å². The van der Waals surface area contributed by atoms with Gasteiger partial charge in [-0.05, 0) is 51.6 Å². The molecule has 54 heavy (non-hydrogen) atoms. The molecular formula is C48H28N4OS. The highest BCUT2D eigenvalue weighted by atomic mass is 32.1. The summed E-state index contributed by atoms with van der Waals surface area (Å²) in [6.07, 6.45) is 0. The summed E-state index contributed by atoms with van der Waals surface area (Å²) < 4.78 is 7.45. The summed E-state index contributed by atoms with van der Waals surface area (Å²) in [5.74, 6) is 1.80. The minimum Gasteiger partial charge on any atom is -0.456 e. The number of rotatable bonds is 5. The second-order valence-corrected chi connectivity index (χ2v) is 14.4. The van der Waals surface area contributed by atoms with Gasteiger partial charge in [-0.1, -0.05) is 146 Å². The fraction of sp³-hybridized carbons (Fsp3) is 0. The summed E-state index contributed by atoms with van der Waals surface area (Å²) in [5, 5.41) is 7.67. The van der Waals surface area contributed by atoms with Crippen molar-refractivity contribution in [1.29, 1.82) is 0 Å². The Hall–Kier alpha value is -7.02. The molecule has 3 heterocycles. The van der Waals surface area contributed by atoms with Crippen molar-refractivity contribution >= 4 is 65.0 Å². The van der Waals surface area contributed by atoms with Crippen LogP contribution in [-0.4, -0.2) is 19.9 Å².